The van der Waals surface area contributed by atoms with Crippen LogP contribution in [0.5, 0.6) is 0 Å². The van der Waals surface area contributed by atoms with E-state index in [1.807, 2.05) is 31.2 Å². The molecule has 0 bridgehead atoms. The fourth-order valence-electron chi connectivity index (χ4n) is 2.47. The number of nitrogens with zero attached hydrogens (tertiary/aromatic N) is 1. The van der Waals surface area contributed by atoms with Crippen molar-refractivity contribution in [2.24, 2.45) is 0 Å². The van der Waals surface area contributed by atoms with Crippen molar-refractivity contribution in [1.82, 2.24) is 10.2 Å². The largest absolute Gasteiger partial charge is 0.459 e. The van der Waals surface area contributed by atoms with Gasteiger partial charge in [0.25, 0.3) is 17.1 Å². The number of aryl methyl sites for hydroxylation is 2. The van der Waals surface area contributed by atoms with Crippen LogP contribution in [0.4, 0.5) is 4.79 Å². The van der Waals surface area contributed by atoms with Gasteiger partial charge >= 0.3 is 0 Å². The molecule has 1 fully saturated rings. The topological polar surface area (TPSA) is 79.6 Å². The molecule has 0 unspecified atom stereocenters. The van der Waals surface area contributed by atoms with Gasteiger partial charge in [0.15, 0.2) is 5.76 Å². The van der Waals surface area contributed by atoms with Gasteiger partial charge in [0, 0.05) is 18.7 Å². The van der Waals surface area contributed by atoms with Crippen molar-refractivity contribution in [2.75, 3.05) is 13.1 Å². The first-order chi connectivity index (χ1) is 12.5. The molecule has 7 heteroatoms. The van der Waals surface area contributed by atoms with Crippen LogP contribution in [0.25, 0.3) is 6.08 Å². The molecule has 2 heterocycles. The van der Waals surface area contributed by atoms with E-state index in [0.29, 0.717) is 4.91 Å². The number of imide groups is 1. The molecule has 26 heavy (non-hydrogen) atoms. The summed E-state index contributed by atoms with van der Waals surface area (Å²) in [6, 6.07) is 9.39. The van der Waals surface area contributed by atoms with Crippen LogP contribution in [-0.4, -0.2) is 35.0 Å². The number of amides is 3. The lowest BCUT2D eigenvalue weighted by atomic mass is 10.1. The van der Waals surface area contributed by atoms with Gasteiger partial charge in [-0.25, -0.2) is 0 Å². The molecule has 1 aromatic heterocycles. The van der Waals surface area contributed by atoms with Crippen molar-refractivity contribution in [3.05, 3.63) is 64.0 Å². The number of benzene rings is 1. The highest BCUT2D eigenvalue weighted by Crippen LogP contribution is 2.31. The summed E-state index contributed by atoms with van der Waals surface area (Å²) in [5, 5.41) is 2.32. The van der Waals surface area contributed by atoms with Crippen molar-refractivity contribution in [2.45, 2.75) is 13.8 Å². The number of carbonyl (C=O) groups is 3. The minimum Gasteiger partial charge on any atom is -0.459 e. The third-order valence-electron chi connectivity index (χ3n) is 3.94. The molecule has 0 spiro atoms. The van der Waals surface area contributed by atoms with Gasteiger partial charge in [0.05, 0.1) is 11.2 Å². The van der Waals surface area contributed by atoms with E-state index in [4.69, 9.17) is 4.42 Å². The Labute approximate surface area is 155 Å². The summed E-state index contributed by atoms with van der Waals surface area (Å²) < 4.78 is 5.11. The first-order valence-electron chi connectivity index (χ1n) is 8.10. The van der Waals surface area contributed by atoms with Crippen LogP contribution < -0.4 is 5.32 Å². The van der Waals surface area contributed by atoms with Crippen molar-refractivity contribution in [1.29, 1.82) is 0 Å². The SMILES string of the molecule is Cc1ccc(/C=C2/SC(=O)N(CCNC(=O)c3occc3C)C2=O)cc1. The fraction of sp³-hybridized carbons (Fsp3) is 0.211. The van der Waals surface area contributed by atoms with Crippen molar-refractivity contribution in [3.8, 4) is 0 Å². The van der Waals surface area contributed by atoms with E-state index in [0.717, 1.165) is 33.4 Å². The van der Waals surface area contributed by atoms with E-state index < -0.39 is 0 Å². The molecule has 6 nitrogen and oxygen atoms in total. The summed E-state index contributed by atoms with van der Waals surface area (Å²) in [6.45, 7) is 4.02. The Morgan fingerprint density at radius 2 is 1.92 bits per heavy atom. The molecular formula is C19H18N2O4S. The van der Waals surface area contributed by atoms with Crippen molar-refractivity contribution < 1.29 is 18.8 Å². The quantitative estimate of drug-likeness (QED) is 0.817. The monoisotopic (exact) mass is 370 g/mol. The van der Waals surface area contributed by atoms with Gasteiger partial charge in [-0.2, -0.15) is 0 Å². The van der Waals surface area contributed by atoms with Crippen LogP contribution in [0.2, 0.25) is 0 Å². The summed E-state index contributed by atoms with van der Waals surface area (Å²) in [7, 11) is 0. The van der Waals surface area contributed by atoms with Crippen molar-refractivity contribution in [3.63, 3.8) is 0 Å². The van der Waals surface area contributed by atoms with Crippen LogP contribution in [0, 0.1) is 13.8 Å². The maximum Gasteiger partial charge on any atom is 0.293 e. The number of thioether (sulfide) groups is 1. The number of rotatable bonds is 5. The predicted octanol–water partition coefficient (Wildman–Crippen LogP) is 3.36. The molecule has 1 N–H and O–H groups in total. The lowest BCUT2D eigenvalue weighted by Crippen LogP contribution is -2.37. The number of furan rings is 1. The van der Waals surface area contributed by atoms with E-state index in [-0.39, 0.29) is 35.9 Å². The van der Waals surface area contributed by atoms with E-state index in [9.17, 15) is 14.4 Å². The molecule has 1 saturated heterocycles. The fourth-order valence-corrected chi connectivity index (χ4v) is 3.34. The van der Waals surface area contributed by atoms with Gasteiger partial charge in [0.2, 0.25) is 0 Å². The Morgan fingerprint density at radius 1 is 1.19 bits per heavy atom. The smallest absolute Gasteiger partial charge is 0.293 e. The summed E-state index contributed by atoms with van der Waals surface area (Å²) >= 11 is 0.907. The van der Waals surface area contributed by atoms with Crippen LogP contribution in [0.1, 0.15) is 27.2 Å². The Bertz CT molecular complexity index is 883. The summed E-state index contributed by atoms with van der Waals surface area (Å²) in [5.74, 6) is -0.475. The van der Waals surface area contributed by atoms with Gasteiger partial charge in [-0.15, -0.1) is 0 Å². The molecule has 0 radical (unpaired) electrons. The van der Waals surface area contributed by atoms with E-state index in [1.165, 1.54) is 6.26 Å². The van der Waals surface area contributed by atoms with Gasteiger partial charge in [-0.1, -0.05) is 29.8 Å². The third kappa shape index (κ3) is 3.88. The normalized spacial score (nSPS) is 15.8. The van der Waals surface area contributed by atoms with E-state index in [2.05, 4.69) is 5.32 Å². The number of nitrogens with one attached hydrogen (secondary N) is 1. The lowest BCUT2D eigenvalue weighted by Gasteiger charge is -2.12. The minimum absolute atomic E-state index is 0.113. The number of carbonyl (C=O) groups excluding carboxylic acids is 3. The second-order valence-electron chi connectivity index (χ2n) is 5.93. The highest BCUT2D eigenvalue weighted by molar-refractivity contribution is 8.18. The third-order valence-corrected chi connectivity index (χ3v) is 4.85. The molecule has 1 aliphatic rings. The zero-order valence-electron chi connectivity index (χ0n) is 14.4. The Morgan fingerprint density at radius 3 is 2.58 bits per heavy atom. The number of hydrogen-bond acceptors (Lipinski definition) is 5. The van der Waals surface area contributed by atoms with Crippen LogP contribution in [0.3, 0.4) is 0 Å². The molecule has 0 atom stereocenters. The van der Waals surface area contributed by atoms with E-state index in [1.54, 1.807) is 19.1 Å². The molecule has 1 aromatic carbocycles. The minimum atomic E-state index is -0.366. The highest BCUT2D eigenvalue weighted by atomic mass is 32.2. The standard InChI is InChI=1S/C19H18N2O4S/c1-12-3-5-14(6-4-12)11-15-18(23)21(19(24)26-15)9-8-20-17(22)16-13(2)7-10-25-16/h3-7,10-11H,8-9H2,1-2H3,(H,20,22)/b15-11+. The maximum absolute atomic E-state index is 12.4. The molecular weight excluding hydrogens is 352 g/mol. The molecule has 1 aliphatic heterocycles. The van der Waals surface area contributed by atoms with Gasteiger partial charge in [0.1, 0.15) is 0 Å². The average molecular weight is 370 g/mol. The Hall–Kier alpha value is -2.80. The average Bonchev–Trinajstić information content (AvgIpc) is 3.15. The summed E-state index contributed by atoms with van der Waals surface area (Å²) in [5.41, 5.74) is 2.72. The predicted molar refractivity (Wildman–Crippen MR) is 99.6 cm³/mol. The van der Waals surface area contributed by atoms with Crippen LogP contribution in [0.15, 0.2) is 45.9 Å². The number of hydrogen-bond donors (Lipinski definition) is 1. The van der Waals surface area contributed by atoms with Crippen LogP contribution in [-0.2, 0) is 4.79 Å². The highest BCUT2D eigenvalue weighted by Gasteiger charge is 2.34. The first-order valence-corrected chi connectivity index (χ1v) is 8.91. The summed E-state index contributed by atoms with van der Waals surface area (Å²) in [6.07, 6.45) is 3.14. The van der Waals surface area contributed by atoms with Gasteiger partial charge in [-0.05, 0) is 43.3 Å². The molecule has 3 amide bonds. The van der Waals surface area contributed by atoms with E-state index >= 15 is 0 Å². The first kappa shape index (κ1) is 18.0. The van der Waals surface area contributed by atoms with Gasteiger partial charge < -0.3 is 9.73 Å². The Balaban J connectivity index is 1.60. The molecule has 0 saturated carbocycles. The maximum atomic E-state index is 12.4. The molecule has 0 aliphatic carbocycles. The zero-order valence-corrected chi connectivity index (χ0v) is 15.3. The Kier molecular flexibility index (Phi) is 5.27. The summed E-state index contributed by atoms with van der Waals surface area (Å²) in [4.78, 5) is 38.0. The zero-order chi connectivity index (χ0) is 18.7. The van der Waals surface area contributed by atoms with Gasteiger partial charge in [-0.3, -0.25) is 19.3 Å². The second kappa shape index (κ2) is 7.61. The molecule has 3 rings (SSSR count). The molecule has 2 aromatic rings. The second-order valence-corrected chi connectivity index (χ2v) is 6.93. The lowest BCUT2D eigenvalue weighted by molar-refractivity contribution is -0.122. The van der Waals surface area contributed by atoms with Crippen LogP contribution >= 0.6 is 11.8 Å². The molecule has 134 valence electrons. The van der Waals surface area contributed by atoms with Crippen molar-refractivity contribution >= 4 is 34.9 Å².